The Morgan fingerprint density at radius 2 is 1.74 bits per heavy atom. The number of unbranched alkanes of at least 4 members (excludes halogenated alkanes) is 2. The van der Waals surface area contributed by atoms with Crippen LogP contribution in [0, 0.1) is 12.7 Å². The largest absolute Gasteiger partial charge is 0.369 e. The van der Waals surface area contributed by atoms with Gasteiger partial charge in [-0.1, -0.05) is 44.0 Å². The zero-order chi connectivity index (χ0) is 19.1. The second kappa shape index (κ2) is 9.89. The fourth-order valence-electron chi connectivity index (χ4n) is 3.90. The first-order valence-electron chi connectivity index (χ1n) is 10.5. The van der Waals surface area contributed by atoms with Crippen molar-refractivity contribution in [3.63, 3.8) is 0 Å². The second-order valence-electron chi connectivity index (χ2n) is 7.78. The molecule has 2 aromatic carbocycles. The average molecular weight is 369 g/mol. The fraction of sp³-hybridized carbons (Fsp3) is 0.500. The topological polar surface area (TPSA) is 6.48 Å². The molecule has 1 aliphatic rings. The van der Waals surface area contributed by atoms with E-state index in [2.05, 4.69) is 41.8 Å². The Bertz CT molecular complexity index is 720. The zero-order valence-electron chi connectivity index (χ0n) is 16.9. The second-order valence-corrected chi connectivity index (χ2v) is 7.78. The van der Waals surface area contributed by atoms with E-state index in [-0.39, 0.29) is 5.82 Å². The van der Waals surface area contributed by atoms with Gasteiger partial charge in [-0.15, -0.1) is 0 Å². The van der Waals surface area contributed by atoms with Crippen molar-refractivity contribution in [2.45, 2.75) is 46.0 Å². The smallest absolute Gasteiger partial charge is 0.125 e. The Morgan fingerprint density at radius 1 is 0.926 bits per heavy atom. The molecule has 0 spiro atoms. The standard InChI is InChI=1S/C24H33FN2/c1-3-4-5-7-22-18-21(11-10-20(22)2)12-13-26-14-16-27(17-15-26)24-9-6-8-23(25)19-24/h6,8-11,18-19H,3-5,7,12-17H2,1-2H3. The van der Waals surface area contributed by atoms with Crippen LogP contribution >= 0.6 is 0 Å². The monoisotopic (exact) mass is 368 g/mol. The van der Waals surface area contributed by atoms with Crippen LogP contribution in [-0.2, 0) is 12.8 Å². The van der Waals surface area contributed by atoms with Gasteiger partial charge in [-0.2, -0.15) is 0 Å². The molecule has 27 heavy (non-hydrogen) atoms. The number of benzene rings is 2. The number of hydrogen-bond acceptors (Lipinski definition) is 2. The summed E-state index contributed by atoms with van der Waals surface area (Å²) in [4.78, 5) is 4.82. The van der Waals surface area contributed by atoms with E-state index in [0.717, 1.165) is 44.8 Å². The molecular formula is C24H33FN2. The highest BCUT2D eigenvalue weighted by molar-refractivity contribution is 5.46. The van der Waals surface area contributed by atoms with Crippen molar-refractivity contribution in [3.05, 3.63) is 65.0 Å². The molecule has 1 fully saturated rings. The molecule has 3 heteroatoms. The van der Waals surface area contributed by atoms with E-state index in [1.807, 2.05) is 6.07 Å². The van der Waals surface area contributed by atoms with E-state index in [4.69, 9.17) is 0 Å². The molecule has 0 N–H and O–H groups in total. The highest BCUT2D eigenvalue weighted by Gasteiger charge is 2.17. The van der Waals surface area contributed by atoms with Crippen LogP contribution in [-0.4, -0.2) is 37.6 Å². The molecule has 0 unspecified atom stereocenters. The Kier molecular flexibility index (Phi) is 7.28. The van der Waals surface area contributed by atoms with Crippen molar-refractivity contribution >= 4 is 5.69 Å². The minimum absolute atomic E-state index is 0.149. The van der Waals surface area contributed by atoms with E-state index < -0.39 is 0 Å². The molecule has 0 saturated carbocycles. The summed E-state index contributed by atoms with van der Waals surface area (Å²) in [5.41, 5.74) is 5.42. The maximum absolute atomic E-state index is 13.4. The van der Waals surface area contributed by atoms with Crippen molar-refractivity contribution < 1.29 is 4.39 Å². The number of anilines is 1. The van der Waals surface area contributed by atoms with Crippen molar-refractivity contribution in [1.82, 2.24) is 4.90 Å². The summed E-state index contributed by atoms with van der Waals surface area (Å²) in [6.45, 7) is 9.64. The van der Waals surface area contributed by atoms with E-state index in [9.17, 15) is 4.39 Å². The maximum atomic E-state index is 13.4. The molecule has 0 aromatic heterocycles. The number of piperazine rings is 1. The Labute approximate surface area is 164 Å². The van der Waals surface area contributed by atoms with E-state index in [0.29, 0.717) is 0 Å². The van der Waals surface area contributed by atoms with Crippen LogP contribution in [0.1, 0.15) is 42.9 Å². The highest BCUT2D eigenvalue weighted by atomic mass is 19.1. The highest BCUT2D eigenvalue weighted by Crippen LogP contribution is 2.19. The van der Waals surface area contributed by atoms with Gasteiger partial charge in [0.15, 0.2) is 0 Å². The first-order chi connectivity index (χ1) is 13.2. The van der Waals surface area contributed by atoms with Crippen LogP contribution in [0.15, 0.2) is 42.5 Å². The van der Waals surface area contributed by atoms with Gasteiger partial charge in [0, 0.05) is 38.4 Å². The quantitative estimate of drug-likeness (QED) is 0.589. The van der Waals surface area contributed by atoms with Gasteiger partial charge in [-0.3, -0.25) is 4.90 Å². The lowest BCUT2D eigenvalue weighted by Gasteiger charge is -2.36. The predicted molar refractivity (Wildman–Crippen MR) is 113 cm³/mol. The number of aryl methyl sites for hydroxylation is 2. The number of hydrogen-bond donors (Lipinski definition) is 0. The van der Waals surface area contributed by atoms with Crippen LogP contribution in [0.3, 0.4) is 0 Å². The lowest BCUT2D eigenvalue weighted by Crippen LogP contribution is -2.47. The van der Waals surface area contributed by atoms with Gasteiger partial charge in [0.2, 0.25) is 0 Å². The molecule has 0 amide bonds. The number of halogens is 1. The third kappa shape index (κ3) is 5.80. The van der Waals surface area contributed by atoms with Crippen LogP contribution in [0.25, 0.3) is 0 Å². The fourth-order valence-corrected chi connectivity index (χ4v) is 3.90. The van der Waals surface area contributed by atoms with Crippen LogP contribution in [0.2, 0.25) is 0 Å². The molecule has 0 bridgehead atoms. The normalized spacial score (nSPS) is 15.3. The van der Waals surface area contributed by atoms with Crippen molar-refractivity contribution in [2.75, 3.05) is 37.6 Å². The molecule has 1 aliphatic heterocycles. The predicted octanol–water partition coefficient (Wildman–Crippen LogP) is 5.23. The van der Waals surface area contributed by atoms with E-state index in [1.54, 1.807) is 12.1 Å². The molecule has 146 valence electrons. The summed E-state index contributed by atoms with van der Waals surface area (Å²) >= 11 is 0. The molecule has 1 heterocycles. The van der Waals surface area contributed by atoms with E-state index >= 15 is 0 Å². The summed E-state index contributed by atoms with van der Waals surface area (Å²) in [5, 5.41) is 0. The van der Waals surface area contributed by atoms with E-state index in [1.165, 1.54) is 48.4 Å². The lowest BCUT2D eigenvalue weighted by atomic mass is 9.98. The van der Waals surface area contributed by atoms with Gasteiger partial charge in [-0.25, -0.2) is 4.39 Å². The molecule has 2 aromatic rings. The number of nitrogens with zero attached hydrogens (tertiary/aromatic N) is 2. The van der Waals surface area contributed by atoms with Gasteiger partial charge in [0.1, 0.15) is 5.82 Å². The molecule has 0 radical (unpaired) electrons. The molecular weight excluding hydrogens is 335 g/mol. The minimum Gasteiger partial charge on any atom is -0.369 e. The third-order valence-corrected chi connectivity index (χ3v) is 5.73. The zero-order valence-corrected chi connectivity index (χ0v) is 16.9. The SMILES string of the molecule is CCCCCc1cc(CCN2CCN(c3cccc(F)c3)CC2)ccc1C. The van der Waals surface area contributed by atoms with Crippen molar-refractivity contribution in [3.8, 4) is 0 Å². The first kappa shape index (κ1) is 19.9. The summed E-state index contributed by atoms with van der Waals surface area (Å²) in [6, 6.07) is 14.0. The van der Waals surface area contributed by atoms with Gasteiger partial charge >= 0.3 is 0 Å². The molecule has 0 atom stereocenters. The minimum atomic E-state index is -0.149. The average Bonchev–Trinajstić information content (AvgIpc) is 2.69. The van der Waals surface area contributed by atoms with Crippen LogP contribution < -0.4 is 4.90 Å². The summed E-state index contributed by atoms with van der Waals surface area (Å²) in [7, 11) is 0. The Hall–Kier alpha value is -1.87. The molecule has 1 saturated heterocycles. The lowest BCUT2D eigenvalue weighted by molar-refractivity contribution is 0.261. The molecule has 2 nitrogen and oxygen atoms in total. The Morgan fingerprint density at radius 3 is 2.48 bits per heavy atom. The number of rotatable bonds is 8. The van der Waals surface area contributed by atoms with Gasteiger partial charge in [0.25, 0.3) is 0 Å². The summed E-state index contributed by atoms with van der Waals surface area (Å²) < 4.78 is 13.4. The van der Waals surface area contributed by atoms with Gasteiger partial charge < -0.3 is 4.90 Å². The molecule has 0 aliphatic carbocycles. The maximum Gasteiger partial charge on any atom is 0.125 e. The van der Waals surface area contributed by atoms with Crippen LogP contribution in [0.4, 0.5) is 10.1 Å². The van der Waals surface area contributed by atoms with Crippen molar-refractivity contribution in [2.24, 2.45) is 0 Å². The summed E-state index contributed by atoms with van der Waals surface area (Å²) in [6.07, 6.45) is 6.21. The Balaban J connectivity index is 1.48. The van der Waals surface area contributed by atoms with Gasteiger partial charge in [0.05, 0.1) is 0 Å². The first-order valence-corrected chi connectivity index (χ1v) is 10.5. The molecule has 3 rings (SSSR count). The van der Waals surface area contributed by atoms with Crippen molar-refractivity contribution in [1.29, 1.82) is 0 Å². The third-order valence-electron chi connectivity index (χ3n) is 5.73. The van der Waals surface area contributed by atoms with Gasteiger partial charge in [-0.05, 0) is 61.1 Å². The van der Waals surface area contributed by atoms with Crippen LogP contribution in [0.5, 0.6) is 0 Å². The summed E-state index contributed by atoms with van der Waals surface area (Å²) in [5.74, 6) is -0.149.